The molecule has 0 aliphatic carbocycles. The molecule has 10 heteroatoms. The molecule has 0 bridgehead atoms. The molecule has 0 radical (unpaired) electrons. The number of β-lactam (4-membered cyclic amide) rings is 1. The van der Waals surface area contributed by atoms with E-state index in [1.54, 1.807) is 6.92 Å². The number of fused-ring (bicyclic) bond motifs is 1. The largest absolute Gasteiger partial charge is 0.477 e. The van der Waals surface area contributed by atoms with Gasteiger partial charge in [-0.05, 0) is 39.3 Å². The zero-order chi connectivity index (χ0) is 22.4. The van der Waals surface area contributed by atoms with Crippen LogP contribution in [-0.4, -0.2) is 94.5 Å². The number of carbonyl (C=O) groups excluding carboxylic acids is 2. The Bertz CT molecular complexity index is 803. The number of nitrogens with one attached hydrogen (secondary N) is 2. The summed E-state index contributed by atoms with van der Waals surface area (Å²) in [6.07, 6.45) is 0.843. The fourth-order valence-electron chi connectivity index (χ4n) is 5.55. The Balaban J connectivity index is 1.41. The summed E-state index contributed by atoms with van der Waals surface area (Å²) in [5, 5.41) is 26.3. The summed E-state index contributed by atoms with van der Waals surface area (Å²) in [4.78, 5) is 41.4. The van der Waals surface area contributed by atoms with Gasteiger partial charge in [0.05, 0.1) is 24.1 Å². The number of nitrogens with zero attached hydrogens (tertiary/aromatic N) is 2. The molecule has 4 N–H and O–H groups in total. The van der Waals surface area contributed by atoms with Crippen molar-refractivity contribution in [3.05, 3.63) is 10.6 Å². The van der Waals surface area contributed by atoms with E-state index in [0.717, 1.165) is 26.1 Å². The lowest BCUT2D eigenvalue weighted by Gasteiger charge is -2.46. The van der Waals surface area contributed by atoms with Crippen molar-refractivity contribution < 1.29 is 24.6 Å². The lowest BCUT2D eigenvalue weighted by molar-refractivity contribution is -0.163. The van der Waals surface area contributed by atoms with E-state index in [2.05, 4.69) is 10.6 Å². The minimum atomic E-state index is -1.11. The van der Waals surface area contributed by atoms with Crippen molar-refractivity contribution in [3.8, 4) is 0 Å². The molecule has 3 saturated heterocycles. The maximum absolute atomic E-state index is 12.9. The third-order valence-electron chi connectivity index (χ3n) is 7.08. The average molecular weight is 453 g/mol. The molecule has 4 rings (SSSR count). The first-order valence-electron chi connectivity index (χ1n) is 11.1. The third kappa shape index (κ3) is 3.88. The Morgan fingerprint density at radius 1 is 1.39 bits per heavy atom. The van der Waals surface area contributed by atoms with Crippen LogP contribution in [0.3, 0.4) is 0 Å². The predicted octanol–water partition coefficient (Wildman–Crippen LogP) is -0.328. The fraction of sp³-hybridized carbons (Fsp3) is 0.762. The van der Waals surface area contributed by atoms with Crippen LogP contribution >= 0.6 is 11.8 Å². The summed E-state index contributed by atoms with van der Waals surface area (Å²) in [7, 11) is 1.93. The van der Waals surface area contributed by atoms with Crippen LogP contribution in [-0.2, 0) is 14.4 Å². The number of carboxylic acid groups (broad SMARTS) is 1. The molecule has 172 valence electrons. The quantitative estimate of drug-likeness (QED) is 0.388. The van der Waals surface area contributed by atoms with Gasteiger partial charge in [0.15, 0.2) is 0 Å². The normalized spacial score (nSPS) is 36.1. The molecule has 7 atom stereocenters. The Morgan fingerprint density at radius 3 is 2.77 bits per heavy atom. The molecule has 3 fully saturated rings. The van der Waals surface area contributed by atoms with Gasteiger partial charge in [-0.1, -0.05) is 6.92 Å². The van der Waals surface area contributed by atoms with Crippen molar-refractivity contribution in [1.29, 1.82) is 0 Å². The van der Waals surface area contributed by atoms with E-state index in [1.807, 2.05) is 18.9 Å². The number of amides is 2. The van der Waals surface area contributed by atoms with Gasteiger partial charge < -0.3 is 30.6 Å². The predicted molar refractivity (Wildman–Crippen MR) is 116 cm³/mol. The van der Waals surface area contributed by atoms with Gasteiger partial charge in [0.25, 0.3) is 0 Å². The van der Waals surface area contributed by atoms with E-state index in [1.165, 1.54) is 16.7 Å². The van der Waals surface area contributed by atoms with Gasteiger partial charge in [-0.3, -0.25) is 9.59 Å². The number of likely N-dealkylation sites (tertiary alicyclic amines) is 1. The fourth-order valence-corrected chi connectivity index (χ4v) is 7.03. The van der Waals surface area contributed by atoms with E-state index < -0.39 is 18.0 Å². The summed E-state index contributed by atoms with van der Waals surface area (Å²) in [5.41, 5.74) is 0.0497. The molecule has 4 aliphatic rings. The first kappa shape index (κ1) is 22.6. The zero-order valence-electron chi connectivity index (χ0n) is 18.2. The highest BCUT2D eigenvalue weighted by atomic mass is 32.2. The van der Waals surface area contributed by atoms with Crippen LogP contribution in [0, 0.1) is 17.8 Å². The van der Waals surface area contributed by atoms with E-state index in [-0.39, 0.29) is 40.8 Å². The van der Waals surface area contributed by atoms with Crippen LogP contribution in [0.25, 0.3) is 0 Å². The molecule has 9 nitrogen and oxygen atoms in total. The Kier molecular flexibility index (Phi) is 6.35. The van der Waals surface area contributed by atoms with Crippen LogP contribution in [0.1, 0.15) is 26.7 Å². The van der Waals surface area contributed by atoms with E-state index in [9.17, 15) is 24.6 Å². The highest BCUT2D eigenvalue weighted by molar-refractivity contribution is 8.03. The number of carbonyl (C=O) groups is 3. The van der Waals surface area contributed by atoms with E-state index in [0.29, 0.717) is 23.8 Å². The third-order valence-corrected chi connectivity index (χ3v) is 8.60. The highest BCUT2D eigenvalue weighted by Gasteiger charge is 2.60. The molecule has 5 unspecified atom stereocenters. The SMILES string of the molecule is CNC[C@H]1CCN(C(=O)[C@@H]2CC(SC3=C(C(=O)O)N4C(=O)C(C(C)O)C4C3C)CN2)C1. The number of hydrogen-bond acceptors (Lipinski definition) is 7. The molecule has 31 heavy (non-hydrogen) atoms. The number of aliphatic carboxylic acids is 1. The average Bonchev–Trinajstić information content (AvgIpc) is 3.41. The van der Waals surface area contributed by atoms with Gasteiger partial charge in [0.2, 0.25) is 11.8 Å². The standard InChI is InChI=1S/C21H32N4O5S/c1-10-16-15(11(2)26)20(28)25(16)17(21(29)30)18(10)31-13-6-14(23-8-13)19(27)24-5-4-12(9-24)7-22-3/h10-16,22-23,26H,4-9H2,1-3H3,(H,29,30)/t10?,11?,12-,13?,14+,15?,16?/m1/s1. The topological polar surface area (TPSA) is 122 Å². The Labute approximate surface area is 186 Å². The van der Waals surface area contributed by atoms with Gasteiger partial charge in [0, 0.05) is 35.7 Å². The number of aliphatic hydroxyl groups excluding tert-OH is 1. The maximum Gasteiger partial charge on any atom is 0.353 e. The molecule has 4 aliphatic heterocycles. The number of thioether (sulfide) groups is 1. The number of hydrogen-bond donors (Lipinski definition) is 4. The molecular weight excluding hydrogens is 420 g/mol. The van der Waals surface area contributed by atoms with E-state index in [4.69, 9.17) is 0 Å². The Hall–Kier alpha value is -1.62. The highest BCUT2D eigenvalue weighted by Crippen LogP contribution is 2.51. The van der Waals surface area contributed by atoms with Crippen LogP contribution in [0.15, 0.2) is 10.6 Å². The molecule has 0 spiro atoms. The summed E-state index contributed by atoms with van der Waals surface area (Å²) in [5.74, 6) is -1.51. The van der Waals surface area contributed by atoms with Crippen LogP contribution in [0.4, 0.5) is 0 Å². The van der Waals surface area contributed by atoms with Crippen molar-refractivity contribution >= 4 is 29.5 Å². The van der Waals surface area contributed by atoms with Gasteiger partial charge in [-0.15, -0.1) is 11.8 Å². The van der Waals surface area contributed by atoms with Crippen molar-refractivity contribution in [1.82, 2.24) is 20.4 Å². The minimum Gasteiger partial charge on any atom is -0.477 e. The summed E-state index contributed by atoms with van der Waals surface area (Å²) >= 11 is 1.48. The first-order chi connectivity index (χ1) is 14.7. The number of aliphatic hydroxyl groups is 1. The summed E-state index contributed by atoms with van der Waals surface area (Å²) in [6.45, 7) is 6.60. The molecule has 0 aromatic heterocycles. The molecule has 0 saturated carbocycles. The smallest absolute Gasteiger partial charge is 0.353 e. The number of carboxylic acids is 1. The number of rotatable bonds is 7. The lowest BCUT2D eigenvalue weighted by atomic mass is 9.79. The summed E-state index contributed by atoms with van der Waals surface area (Å²) < 4.78 is 0. The molecule has 0 aromatic rings. The van der Waals surface area contributed by atoms with Crippen molar-refractivity contribution in [2.45, 2.75) is 50.1 Å². The van der Waals surface area contributed by atoms with Gasteiger partial charge >= 0.3 is 5.97 Å². The van der Waals surface area contributed by atoms with Crippen molar-refractivity contribution in [2.24, 2.45) is 17.8 Å². The second-order valence-corrected chi connectivity index (χ2v) is 10.5. The van der Waals surface area contributed by atoms with E-state index >= 15 is 0 Å². The minimum absolute atomic E-state index is 0.0497. The van der Waals surface area contributed by atoms with Crippen LogP contribution in [0.5, 0.6) is 0 Å². The van der Waals surface area contributed by atoms with Crippen molar-refractivity contribution in [3.63, 3.8) is 0 Å². The monoisotopic (exact) mass is 452 g/mol. The molecule has 2 amide bonds. The second-order valence-electron chi connectivity index (χ2n) is 9.20. The van der Waals surface area contributed by atoms with Gasteiger partial charge in [-0.25, -0.2) is 4.79 Å². The van der Waals surface area contributed by atoms with Crippen molar-refractivity contribution in [2.75, 3.05) is 33.2 Å². The Morgan fingerprint density at radius 2 is 2.13 bits per heavy atom. The van der Waals surface area contributed by atoms with Crippen LogP contribution < -0.4 is 10.6 Å². The second kappa shape index (κ2) is 8.73. The molecule has 4 heterocycles. The molecule has 0 aromatic carbocycles. The van der Waals surface area contributed by atoms with Gasteiger partial charge in [0.1, 0.15) is 5.70 Å². The lowest BCUT2D eigenvalue weighted by Crippen LogP contribution is -2.63. The zero-order valence-corrected chi connectivity index (χ0v) is 19.0. The van der Waals surface area contributed by atoms with Gasteiger partial charge in [-0.2, -0.15) is 0 Å². The summed E-state index contributed by atoms with van der Waals surface area (Å²) in [6, 6.07) is -0.554. The maximum atomic E-state index is 12.9. The molecular formula is C21H32N4O5S. The first-order valence-corrected chi connectivity index (χ1v) is 11.9. The van der Waals surface area contributed by atoms with Crippen LogP contribution in [0.2, 0.25) is 0 Å².